The Hall–Kier alpha value is -1.38. The molecule has 0 aromatic heterocycles. The standard InChI is InChI=1S/C14H22N2O/c1-4-8-17-13-7-5-6-11-14(13)15-9-12(16-11)10(2)3/h5-7,10,12,15-16H,4,8-9H2,1-3H3. The Morgan fingerprint density at radius 1 is 1.41 bits per heavy atom. The third-order valence-corrected chi connectivity index (χ3v) is 3.13. The Bertz CT molecular complexity index is 376. The van der Waals surface area contributed by atoms with Crippen LogP contribution >= 0.6 is 0 Å². The average molecular weight is 234 g/mol. The highest BCUT2D eigenvalue weighted by Crippen LogP contribution is 2.36. The van der Waals surface area contributed by atoms with Crippen molar-refractivity contribution in [3.8, 4) is 5.75 Å². The van der Waals surface area contributed by atoms with Crippen molar-refractivity contribution in [3.05, 3.63) is 18.2 Å². The zero-order valence-electron chi connectivity index (χ0n) is 10.9. The maximum absolute atomic E-state index is 5.75. The lowest BCUT2D eigenvalue weighted by atomic mass is 10.0. The van der Waals surface area contributed by atoms with Gasteiger partial charge in [-0.3, -0.25) is 0 Å². The minimum atomic E-state index is 0.490. The maximum atomic E-state index is 5.75. The summed E-state index contributed by atoms with van der Waals surface area (Å²) in [5.74, 6) is 1.58. The fourth-order valence-electron chi connectivity index (χ4n) is 2.03. The number of benzene rings is 1. The quantitative estimate of drug-likeness (QED) is 0.838. The normalized spacial score (nSPS) is 18.2. The number of rotatable bonds is 4. The maximum Gasteiger partial charge on any atom is 0.144 e. The van der Waals surface area contributed by atoms with Gasteiger partial charge in [0, 0.05) is 12.6 Å². The molecule has 1 heterocycles. The third-order valence-electron chi connectivity index (χ3n) is 3.13. The van der Waals surface area contributed by atoms with Crippen molar-refractivity contribution in [2.75, 3.05) is 23.8 Å². The number of anilines is 2. The summed E-state index contributed by atoms with van der Waals surface area (Å²) >= 11 is 0. The van der Waals surface area contributed by atoms with Crippen LogP contribution in [0.5, 0.6) is 5.75 Å². The van der Waals surface area contributed by atoms with Crippen LogP contribution in [0.2, 0.25) is 0 Å². The molecule has 1 aliphatic heterocycles. The van der Waals surface area contributed by atoms with E-state index in [0.29, 0.717) is 12.0 Å². The second-order valence-electron chi connectivity index (χ2n) is 4.90. The van der Waals surface area contributed by atoms with Gasteiger partial charge in [-0.05, 0) is 24.5 Å². The minimum absolute atomic E-state index is 0.490. The summed E-state index contributed by atoms with van der Waals surface area (Å²) in [6.07, 6.45) is 1.03. The Kier molecular flexibility index (Phi) is 3.77. The van der Waals surface area contributed by atoms with Crippen molar-refractivity contribution in [1.82, 2.24) is 0 Å². The first-order valence-electron chi connectivity index (χ1n) is 6.48. The lowest BCUT2D eigenvalue weighted by Crippen LogP contribution is -2.37. The molecule has 2 N–H and O–H groups in total. The van der Waals surface area contributed by atoms with E-state index >= 15 is 0 Å². The van der Waals surface area contributed by atoms with Gasteiger partial charge in [-0.15, -0.1) is 0 Å². The Balaban J connectivity index is 2.17. The van der Waals surface area contributed by atoms with Crippen molar-refractivity contribution >= 4 is 11.4 Å². The summed E-state index contributed by atoms with van der Waals surface area (Å²) in [7, 11) is 0. The minimum Gasteiger partial charge on any atom is -0.491 e. The highest BCUT2D eigenvalue weighted by Gasteiger charge is 2.21. The second-order valence-corrected chi connectivity index (χ2v) is 4.90. The van der Waals surface area contributed by atoms with Crippen molar-refractivity contribution in [3.63, 3.8) is 0 Å². The summed E-state index contributed by atoms with van der Waals surface area (Å²) in [5, 5.41) is 7.05. The largest absolute Gasteiger partial charge is 0.491 e. The highest BCUT2D eigenvalue weighted by atomic mass is 16.5. The second kappa shape index (κ2) is 5.30. The molecule has 0 spiro atoms. The zero-order valence-corrected chi connectivity index (χ0v) is 10.9. The van der Waals surface area contributed by atoms with Gasteiger partial charge in [0.15, 0.2) is 0 Å². The molecule has 1 aromatic rings. The van der Waals surface area contributed by atoms with Gasteiger partial charge in [0.1, 0.15) is 11.4 Å². The molecule has 0 saturated carbocycles. The van der Waals surface area contributed by atoms with E-state index in [1.807, 2.05) is 12.1 Å². The lowest BCUT2D eigenvalue weighted by molar-refractivity contribution is 0.318. The molecule has 1 unspecified atom stereocenters. The molecule has 3 nitrogen and oxygen atoms in total. The van der Waals surface area contributed by atoms with Gasteiger partial charge in [-0.25, -0.2) is 0 Å². The summed E-state index contributed by atoms with van der Waals surface area (Å²) < 4.78 is 5.75. The average Bonchev–Trinajstić information content (AvgIpc) is 2.35. The summed E-state index contributed by atoms with van der Waals surface area (Å²) in [6, 6.07) is 6.67. The summed E-state index contributed by atoms with van der Waals surface area (Å²) in [4.78, 5) is 0. The van der Waals surface area contributed by atoms with Crippen LogP contribution in [0.25, 0.3) is 0 Å². The van der Waals surface area contributed by atoms with E-state index in [2.05, 4.69) is 37.5 Å². The zero-order chi connectivity index (χ0) is 12.3. The van der Waals surface area contributed by atoms with Crippen molar-refractivity contribution in [2.24, 2.45) is 5.92 Å². The summed E-state index contributed by atoms with van der Waals surface area (Å²) in [5.41, 5.74) is 2.27. The molecule has 1 aromatic carbocycles. The molecule has 2 rings (SSSR count). The first-order chi connectivity index (χ1) is 8.22. The molecule has 0 saturated heterocycles. The Morgan fingerprint density at radius 2 is 2.24 bits per heavy atom. The number of hydrogen-bond acceptors (Lipinski definition) is 3. The molecule has 0 amide bonds. The van der Waals surface area contributed by atoms with Crippen molar-refractivity contribution < 1.29 is 4.74 Å². The van der Waals surface area contributed by atoms with Gasteiger partial charge in [0.05, 0.1) is 12.3 Å². The molecule has 0 aliphatic carbocycles. The first-order valence-corrected chi connectivity index (χ1v) is 6.48. The fraction of sp³-hybridized carbons (Fsp3) is 0.571. The summed E-state index contributed by atoms with van der Waals surface area (Å²) in [6.45, 7) is 8.32. The molecule has 0 bridgehead atoms. The fourth-order valence-corrected chi connectivity index (χ4v) is 2.03. The molecular formula is C14H22N2O. The van der Waals surface area contributed by atoms with E-state index in [4.69, 9.17) is 4.74 Å². The van der Waals surface area contributed by atoms with E-state index < -0.39 is 0 Å². The van der Waals surface area contributed by atoms with Crippen LogP contribution in [0.1, 0.15) is 27.2 Å². The van der Waals surface area contributed by atoms with E-state index in [-0.39, 0.29) is 0 Å². The molecule has 0 fully saturated rings. The van der Waals surface area contributed by atoms with Crippen molar-refractivity contribution in [2.45, 2.75) is 33.2 Å². The van der Waals surface area contributed by atoms with E-state index in [1.54, 1.807) is 0 Å². The van der Waals surface area contributed by atoms with Crippen LogP contribution < -0.4 is 15.4 Å². The molecule has 0 radical (unpaired) electrons. The van der Waals surface area contributed by atoms with Crippen LogP contribution in [0.4, 0.5) is 11.4 Å². The Labute approximate surface area is 104 Å². The van der Waals surface area contributed by atoms with Gasteiger partial charge < -0.3 is 15.4 Å². The van der Waals surface area contributed by atoms with Crippen LogP contribution in [0, 0.1) is 5.92 Å². The van der Waals surface area contributed by atoms with Crippen LogP contribution in [-0.4, -0.2) is 19.2 Å². The topological polar surface area (TPSA) is 33.3 Å². The van der Waals surface area contributed by atoms with Gasteiger partial charge in [-0.1, -0.05) is 26.8 Å². The van der Waals surface area contributed by atoms with E-state index in [1.165, 1.54) is 0 Å². The lowest BCUT2D eigenvalue weighted by Gasteiger charge is -2.31. The van der Waals surface area contributed by atoms with Gasteiger partial charge in [0.2, 0.25) is 0 Å². The smallest absolute Gasteiger partial charge is 0.144 e. The number of para-hydroxylation sites is 1. The van der Waals surface area contributed by atoms with Gasteiger partial charge >= 0.3 is 0 Å². The molecule has 94 valence electrons. The number of nitrogens with one attached hydrogen (secondary N) is 2. The molecule has 17 heavy (non-hydrogen) atoms. The van der Waals surface area contributed by atoms with E-state index in [0.717, 1.165) is 36.7 Å². The molecule has 1 atom stereocenters. The predicted molar refractivity (Wildman–Crippen MR) is 73.0 cm³/mol. The van der Waals surface area contributed by atoms with Crippen LogP contribution in [0.15, 0.2) is 18.2 Å². The molecule has 3 heteroatoms. The number of fused-ring (bicyclic) bond motifs is 1. The van der Waals surface area contributed by atoms with Gasteiger partial charge in [0.25, 0.3) is 0 Å². The SMILES string of the molecule is CCCOc1cccc2c1NCC(C(C)C)N2. The van der Waals surface area contributed by atoms with Crippen molar-refractivity contribution in [1.29, 1.82) is 0 Å². The van der Waals surface area contributed by atoms with Crippen LogP contribution in [-0.2, 0) is 0 Å². The Morgan fingerprint density at radius 3 is 2.94 bits per heavy atom. The molecular weight excluding hydrogens is 212 g/mol. The van der Waals surface area contributed by atoms with Crippen LogP contribution in [0.3, 0.4) is 0 Å². The van der Waals surface area contributed by atoms with Gasteiger partial charge in [-0.2, -0.15) is 0 Å². The predicted octanol–water partition coefficient (Wildman–Crippen LogP) is 3.34. The molecule has 1 aliphatic rings. The number of ether oxygens (including phenoxy) is 1. The first kappa shape index (κ1) is 12.1. The monoisotopic (exact) mass is 234 g/mol. The van der Waals surface area contributed by atoms with E-state index in [9.17, 15) is 0 Å². The highest BCUT2D eigenvalue weighted by molar-refractivity contribution is 5.77. The third kappa shape index (κ3) is 2.65. The number of hydrogen-bond donors (Lipinski definition) is 2.